The van der Waals surface area contributed by atoms with Crippen LogP contribution in [-0.2, 0) is 32.3 Å². The number of rotatable bonds is 4. The fourth-order valence-corrected chi connectivity index (χ4v) is 7.32. The molecule has 3 aliphatic rings. The van der Waals surface area contributed by atoms with Crippen LogP contribution in [0.5, 0.6) is 0 Å². The molecule has 6 nitrogen and oxygen atoms in total. The van der Waals surface area contributed by atoms with Gasteiger partial charge in [-0.15, -0.1) is 22.4 Å². The molecule has 0 fully saturated rings. The van der Waals surface area contributed by atoms with Gasteiger partial charge in [0.25, 0.3) is 0 Å². The normalized spacial score (nSPS) is 15.6. The van der Waals surface area contributed by atoms with Crippen LogP contribution in [-0.4, -0.2) is 20.2 Å². The van der Waals surface area contributed by atoms with Crippen molar-refractivity contribution in [1.29, 1.82) is 0 Å². The van der Waals surface area contributed by atoms with Crippen LogP contribution in [0, 0.1) is 0 Å². The zero-order valence-electron chi connectivity index (χ0n) is 27.8. The smallest absolute Gasteiger partial charge is 0.664 e. The molecule has 4 aromatic carbocycles. The SMILES string of the molecule is O[C@@H]1c2nc(c(-c3ccccc3)c3[n-]c(c(-c4ccccc4)c4nc(c(-c5ccccc5)c5ccc([n-]5)c2-c2ccccc2)C=C4)CC3)[C@@H]1O.[Zn+2]. The first-order valence-corrected chi connectivity index (χ1v) is 16.9. The predicted octanol–water partition coefficient (Wildman–Crippen LogP) is 8.68. The number of fused-ring (bicyclic) bond motifs is 8. The fourth-order valence-electron chi connectivity index (χ4n) is 7.32. The summed E-state index contributed by atoms with van der Waals surface area (Å²) in [4.78, 5) is 21.0. The molecular formula is C44H32N4O2Zn. The maximum absolute atomic E-state index is 11.8. The minimum absolute atomic E-state index is 0. The maximum Gasteiger partial charge on any atom is 2.00 e. The van der Waals surface area contributed by atoms with Crippen LogP contribution >= 0.6 is 0 Å². The summed E-state index contributed by atoms with van der Waals surface area (Å²) in [6, 6.07) is 44.2. The number of hydrogen-bond donors (Lipinski definition) is 2. The van der Waals surface area contributed by atoms with Crippen LogP contribution in [0.2, 0.25) is 0 Å². The quantitative estimate of drug-likeness (QED) is 0.177. The van der Waals surface area contributed by atoms with Gasteiger partial charge in [0.2, 0.25) is 0 Å². The minimum Gasteiger partial charge on any atom is -0.664 e. The molecule has 0 unspecified atom stereocenters. The zero-order valence-corrected chi connectivity index (χ0v) is 30.8. The largest absolute Gasteiger partial charge is 2.00 e. The molecule has 0 radical (unpaired) electrons. The number of aromatic nitrogens is 4. The van der Waals surface area contributed by atoms with Crippen molar-refractivity contribution < 1.29 is 29.7 Å². The standard InChI is InChI=1S/C44H32N4O2.Zn/c49-43-41-39(29-17-9-3-10-18-29)35-25-23-33(46-35)37(27-13-5-1-6-14-27)31-21-22-32(45-31)38(28-15-7-2-8-16-28)34-24-26-36(47-34)40(42(48-41)44(43)50)30-19-11-4-12-20-30;/h1-23,25,43-44,49-50H,24,26H2;/q-2;+2/t43-,44+;/m1./s1. The van der Waals surface area contributed by atoms with Crippen LogP contribution in [0.3, 0.4) is 0 Å². The molecule has 242 valence electrons. The molecule has 0 saturated carbocycles. The van der Waals surface area contributed by atoms with E-state index in [1.165, 1.54) is 0 Å². The second-order valence-corrected chi connectivity index (χ2v) is 12.7. The number of hydrogen-bond acceptors (Lipinski definition) is 4. The third-order valence-electron chi connectivity index (χ3n) is 9.61. The monoisotopic (exact) mass is 712 g/mol. The average Bonchev–Trinajstić information content (AvgIpc) is 3.99. The van der Waals surface area contributed by atoms with Gasteiger partial charge in [-0.2, -0.15) is 0 Å². The Hall–Kier alpha value is -5.46. The summed E-state index contributed by atoms with van der Waals surface area (Å²) in [5, 5.41) is 23.7. The predicted molar refractivity (Wildman–Crippen MR) is 198 cm³/mol. The molecule has 5 heterocycles. The molecule has 9 rings (SSSR count). The van der Waals surface area contributed by atoms with Gasteiger partial charge in [0.1, 0.15) is 12.2 Å². The van der Waals surface area contributed by atoms with E-state index in [-0.39, 0.29) is 19.5 Å². The van der Waals surface area contributed by atoms with Gasteiger partial charge in [-0.3, -0.25) is 4.98 Å². The second-order valence-electron chi connectivity index (χ2n) is 12.7. The molecule has 2 atom stereocenters. The van der Waals surface area contributed by atoms with Crippen molar-refractivity contribution in [2.24, 2.45) is 0 Å². The van der Waals surface area contributed by atoms with Gasteiger partial charge >= 0.3 is 19.5 Å². The number of aliphatic hydroxyl groups excluding tert-OH is 2. The van der Waals surface area contributed by atoms with Crippen molar-refractivity contribution in [1.82, 2.24) is 19.9 Å². The van der Waals surface area contributed by atoms with Crippen LogP contribution < -0.4 is 9.97 Å². The van der Waals surface area contributed by atoms with Crippen molar-refractivity contribution in [3.05, 3.63) is 168 Å². The maximum atomic E-state index is 11.8. The Morgan fingerprint density at radius 3 is 1.35 bits per heavy atom. The van der Waals surface area contributed by atoms with Gasteiger partial charge in [0, 0.05) is 0 Å². The van der Waals surface area contributed by atoms with E-state index in [1.54, 1.807) is 0 Å². The minimum atomic E-state index is -1.27. The molecule has 0 spiro atoms. The zero-order chi connectivity index (χ0) is 33.6. The molecule has 2 N–H and O–H groups in total. The van der Waals surface area contributed by atoms with Gasteiger partial charge < -0.3 is 20.2 Å². The van der Waals surface area contributed by atoms with E-state index in [0.29, 0.717) is 35.3 Å². The van der Waals surface area contributed by atoms with Gasteiger partial charge in [-0.25, -0.2) is 4.98 Å². The Morgan fingerprint density at radius 1 is 0.431 bits per heavy atom. The van der Waals surface area contributed by atoms with E-state index in [9.17, 15) is 10.2 Å². The molecule has 6 aromatic rings. The molecule has 2 aromatic heterocycles. The van der Waals surface area contributed by atoms with Gasteiger partial charge in [-0.1, -0.05) is 133 Å². The van der Waals surface area contributed by atoms with E-state index in [4.69, 9.17) is 19.9 Å². The number of benzene rings is 4. The van der Waals surface area contributed by atoms with Crippen LogP contribution in [0.15, 0.2) is 133 Å². The third-order valence-corrected chi connectivity index (χ3v) is 9.61. The van der Waals surface area contributed by atoms with Crippen LogP contribution in [0.25, 0.3) is 67.7 Å². The van der Waals surface area contributed by atoms with Gasteiger partial charge in [0.15, 0.2) is 0 Å². The summed E-state index contributed by atoms with van der Waals surface area (Å²) in [5.74, 6) is 0. The first-order chi connectivity index (χ1) is 24.6. The van der Waals surface area contributed by atoms with Gasteiger partial charge in [-0.05, 0) is 69.5 Å². The Morgan fingerprint density at radius 2 is 0.824 bits per heavy atom. The first kappa shape index (κ1) is 32.7. The summed E-state index contributed by atoms with van der Waals surface area (Å²) < 4.78 is 0. The molecule has 0 saturated heterocycles. The third kappa shape index (κ3) is 5.84. The summed E-state index contributed by atoms with van der Waals surface area (Å²) in [7, 11) is 0. The summed E-state index contributed by atoms with van der Waals surface area (Å²) in [6.07, 6.45) is 2.93. The van der Waals surface area contributed by atoms with E-state index < -0.39 is 12.2 Å². The van der Waals surface area contributed by atoms with E-state index in [0.717, 1.165) is 67.2 Å². The van der Waals surface area contributed by atoms with Crippen molar-refractivity contribution in [3.8, 4) is 44.5 Å². The number of aliphatic hydroxyl groups is 2. The Bertz CT molecular complexity index is 2460. The van der Waals surface area contributed by atoms with E-state index in [2.05, 4.69) is 36.4 Å². The second kappa shape index (κ2) is 13.7. The Kier molecular flexibility index (Phi) is 8.79. The molecule has 0 aliphatic carbocycles. The molecule has 8 bridgehead atoms. The topological polar surface area (TPSA) is 94.4 Å². The molecule has 7 heteroatoms. The first-order valence-electron chi connectivity index (χ1n) is 16.9. The van der Waals surface area contributed by atoms with Crippen LogP contribution in [0.4, 0.5) is 0 Å². The molecule has 3 aliphatic heterocycles. The van der Waals surface area contributed by atoms with Crippen molar-refractivity contribution in [2.45, 2.75) is 25.0 Å². The van der Waals surface area contributed by atoms with E-state index >= 15 is 0 Å². The van der Waals surface area contributed by atoms with Gasteiger partial charge in [0.05, 0.1) is 22.8 Å². The molecular weight excluding hydrogens is 682 g/mol. The van der Waals surface area contributed by atoms with E-state index in [1.807, 2.05) is 109 Å². The Balaban J connectivity index is 0.00000374. The summed E-state index contributed by atoms with van der Waals surface area (Å²) in [5.41, 5.74) is 12.6. The van der Waals surface area contributed by atoms with Crippen LogP contribution in [0.1, 0.15) is 46.4 Å². The number of aryl methyl sites for hydroxylation is 2. The molecule has 0 amide bonds. The van der Waals surface area contributed by atoms with Crippen molar-refractivity contribution in [3.63, 3.8) is 0 Å². The van der Waals surface area contributed by atoms with Crippen molar-refractivity contribution in [2.75, 3.05) is 0 Å². The average molecular weight is 714 g/mol. The number of nitrogens with zero attached hydrogens (tertiary/aromatic N) is 4. The Labute approximate surface area is 308 Å². The summed E-state index contributed by atoms with van der Waals surface area (Å²) in [6.45, 7) is 0. The fraction of sp³-hybridized carbons (Fsp3) is 0.0909. The summed E-state index contributed by atoms with van der Waals surface area (Å²) >= 11 is 0. The molecule has 51 heavy (non-hydrogen) atoms. The van der Waals surface area contributed by atoms with Crippen molar-refractivity contribution >= 4 is 23.2 Å².